The van der Waals surface area contributed by atoms with E-state index in [0.717, 1.165) is 23.6 Å². The smallest absolute Gasteiger partial charge is 0.148 e. The summed E-state index contributed by atoms with van der Waals surface area (Å²) in [7, 11) is 3.31. The lowest BCUT2D eigenvalue weighted by Crippen LogP contribution is -2.19. The van der Waals surface area contributed by atoms with Gasteiger partial charge in [0, 0.05) is 25.8 Å². The molecule has 0 aliphatic rings. The minimum absolute atomic E-state index is 0.261. The van der Waals surface area contributed by atoms with Crippen LogP contribution in [0.15, 0.2) is 18.2 Å². The van der Waals surface area contributed by atoms with E-state index in [1.165, 1.54) is 0 Å². The molecule has 0 saturated heterocycles. The molecule has 0 aliphatic carbocycles. The average molecular weight is 249 g/mol. The molecule has 0 bridgehead atoms. The highest BCUT2D eigenvalue weighted by atomic mass is 16.5. The fourth-order valence-corrected chi connectivity index (χ4v) is 1.48. The predicted octanol–water partition coefficient (Wildman–Crippen LogP) is 1.44. The zero-order valence-electron chi connectivity index (χ0n) is 10.9. The van der Waals surface area contributed by atoms with Crippen LogP contribution in [0, 0.1) is 12.3 Å². The highest BCUT2D eigenvalue weighted by molar-refractivity contribution is 5.40. The van der Waals surface area contributed by atoms with E-state index in [2.05, 4.69) is 11.2 Å². The number of nitrogens with one attached hydrogen (secondary N) is 1. The number of methoxy groups -OCH3 is 2. The molecule has 1 aromatic carbocycles. The van der Waals surface area contributed by atoms with Gasteiger partial charge in [-0.25, -0.2) is 0 Å². The third-order valence-electron chi connectivity index (χ3n) is 2.38. The molecule has 98 valence electrons. The van der Waals surface area contributed by atoms with Crippen molar-refractivity contribution in [2.45, 2.75) is 6.54 Å². The van der Waals surface area contributed by atoms with E-state index in [1.807, 2.05) is 18.2 Å². The molecule has 1 N–H and O–H groups in total. The molecule has 0 unspecified atom stereocenters. The summed E-state index contributed by atoms with van der Waals surface area (Å²) in [6, 6.07) is 5.65. The van der Waals surface area contributed by atoms with Crippen LogP contribution in [-0.4, -0.2) is 34.0 Å². The summed E-state index contributed by atoms with van der Waals surface area (Å²) in [6.45, 7) is 2.39. The lowest BCUT2D eigenvalue weighted by Gasteiger charge is -2.12. The first-order chi connectivity index (χ1) is 8.81. The van der Waals surface area contributed by atoms with E-state index in [9.17, 15) is 0 Å². The van der Waals surface area contributed by atoms with Crippen molar-refractivity contribution in [2.75, 3.05) is 34.0 Å². The van der Waals surface area contributed by atoms with Crippen LogP contribution >= 0.6 is 0 Å². The molecule has 0 aromatic heterocycles. The van der Waals surface area contributed by atoms with Crippen molar-refractivity contribution >= 4 is 0 Å². The Kier molecular flexibility index (Phi) is 6.70. The molecule has 1 aromatic rings. The molecule has 18 heavy (non-hydrogen) atoms. The number of hydrogen-bond acceptors (Lipinski definition) is 4. The molecule has 0 spiro atoms. The summed E-state index contributed by atoms with van der Waals surface area (Å²) in [6.07, 6.45) is 5.19. The lowest BCUT2D eigenvalue weighted by molar-refractivity contribution is 0.199. The van der Waals surface area contributed by atoms with Crippen LogP contribution in [0.2, 0.25) is 0 Å². The fourth-order valence-electron chi connectivity index (χ4n) is 1.48. The van der Waals surface area contributed by atoms with Gasteiger partial charge in [-0.1, -0.05) is 5.92 Å². The second kappa shape index (κ2) is 8.40. The molecule has 0 amide bonds. The highest BCUT2D eigenvalue weighted by Gasteiger charge is 2.05. The molecule has 4 heteroatoms. The van der Waals surface area contributed by atoms with E-state index >= 15 is 0 Å². The van der Waals surface area contributed by atoms with E-state index in [-0.39, 0.29) is 6.61 Å². The molecular formula is C14H19NO3. The zero-order valence-corrected chi connectivity index (χ0v) is 10.9. The maximum absolute atomic E-state index is 5.48. The third kappa shape index (κ3) is 4.66. The van der Waals surface area contributed by atoms with Gasteiger partial charge in [-0.05, 0) is 18.2 Å². The summed E-state index contributed by atoms with van der Waals surface area (Å²) in [5.41, 5.74) is 1.01. The fraction of sp³-hybridized carbons (Fsp3) is 0.429. The van der Waals surface area contributed by atoms with Crippen molar-refractivity contribution in [1.29, 1.82) is 0 Å². The second-order valence-corrected chi connectivity index (χ2v) is 3.64. The normalized spacial score (nSPS) is 9.83. The van der Waals surface area contributed by atoms with E-state index < -0.39 is 0 Å². The minimum atomic E-state index is 0.261. The van der Waals surface area contributed by atoms with Gasteiger partial charge >= 0.3 is 0 Å². The first-order valence-corrected chi connectivity index (χ1v) is 5.74. The van der Waals surface area contributed by atoms with Gasteiger partial charge < -0.3 is 19.5 Å². The summed E-state index contributed by atoms with van der Waals surface area (Å²) >= 11 is 0. The van der Waals surface area contributed by atoms with Crippen molar-refractivity contribution in [1.82, 2.24) is 5.32 Å². The summed E-state index contributed by atoms with van der Waals surface area (Å²) in [5, 5.41) is 3.26. The molecule has 1 rings (SSSR count). The third-order valence-corrected chi connectivity index (χ3v) is 2.38. The predicted molar refractivity (Wildman–Crippen MR) is 70.9 cm³/mol. The maximum atomic E-state index is 5.48. The molecule has 0 saturated carbocycles. The molecule has 0 heterocycles. The Hall–Kier alpha value is -1.70. The van der Waals surface area contributed by atoms with Gasteiger partial charge in [0.25, 0.3) is 0 Å². The Morgan fingerprint density at radius 3 is 2.83 bits per heavy atom. The quantitative estimate of drug-likeness (QED) is 0.559. The number of benzene rings is 1. The van der Waals surface area contributed by atoms with Gasteiger partial charge in [0.15, 0.2) is 0 Å². The van der Waals surface area contributed by atoms with Crippen molar-refractivity contribution in [3.8, 4) is 23.8 Å². The Morgan fingerprint density at radius 1 is 1.33 bits per heavy atom. The summed E-state index contributed by atoms with van der Waals surface area (Å²) in [4.78, 5) is 0. The Bertz CT molecular complexity index is 399. The molecule has 0 radical (unpaired) electrons. The molecule has 0 fully saturated rings. The first kappa shape index (κ1) is 14.4. The minimum Gasteiger partial charge on any atom is -0.497 e. The van der Waals surface area contributed by atoms with Gasteiger partial charge in [0.1, 0.15) is 18.1 Å². The number of terminal acetylenes is 1. The highest BCUT2D eigenvalue weighted by Crippen LogP contribution is 2.24. The van der Waals surface area contributed by atoms with Gasteiger partial charge in [-0.3, -0.25) is 0 Å². The monoisotopic (exact) mass is 249 g/mol. The lowest BCUT2D eigenvalue weighted by atomic mass is 10.2. The Balaban J connectivity index is 2.67. The Morgan fingerprint density at radius 2 is 2.17 bits per heavy atom. The zero-order chi connectivity index (χ0) is 13.2. The average Bonchev–Trinajstić information content (AvgIpc) is 2.42. The number of hydrogen-bond donors (Lipinski definition) is 1. The van der Waals surface area contributed by atoms with Crippen LogP contribution in [0.25, 0.3) is 0 Å². The van der Waals surface area contributed by atoms with Crippen molar-refractivity contribution in [3.05, 3.63) is 23.8 Å². The van der Waals surface area contributed by atoms with Crippen molar-refractivity contribution in [3.63, 3.8) is 0 Å². The van der Waals surface area contributed by atoms with Gasteiger partial charge in [0.2, 0.25) is 0 Å². The molecule has 4 nitrogen and oxygen atoms in total. The van der Waals surface area contributed by atoms with Crippen LogP contribution in [0.5, 0.6) is 11.5 Å². The Labute approximate surface area is 108 Å². The van der Waals surface area contributed by atoms with Gasteiger partial charge in [-0.2, -0.15) is 0 Å². The van der Waals surface area contributed by atoms with E-state index in [1.54, 1.807) is 14.2 Å². The van der Waals surface area contributed by atoms with Gasteiger partial charge in [-0.15, -0.1) is 6.42 Å². The van der Waals surface area contributed by atoms with E-state index in [4.69, 9.17) is 20.6 Å². The van der Waals surface area contributed by atoms with Crippen LogP contribution in [-0.2, 0) is 11.3 Å². The van der Waals surface area contributed by atoms with Crippen LogP contribution in [0.3, 0.4) is 0 Å². The second-order valence-electron chi connectivity index (χ2n) is 3.64. The summed E-state index contributed by atoms with van der Waals surface area (Å²) < 4.78 is 15.6. The summed E-state index contributed by atoms with van der Waals surface area (Å²) in [5.74, 6) is 4.03. The topological polar surface area (TPSA) is 39.7 Å². The van der Waals surface area contributed by atoms with Gasteiger partial charge in [0.05, 0.1) is 13.7 Å². The van der Waals surface area contributed by atoms with Crippen molar-refractivity contribution < 1.29 is 14.2 Å². The number of ether oxygens (including phenoxy) is 3. The SMILES string of the molecule is C#CCOc1ccc(OC)cc1CNCCOC. The maximum Gasteiger partial charge on any atom is 0.148 e. The van der Waals surface area contributed by atoms with Crippen LogP contribution in [0.4, 0.5) is 0 Å². The molecule has 0 atom stereocenters. The number of rotatable bonds is 8. The van der Waals surface area contributed by atoms with E-state index in [0.29, 0.717) is 13.2 Å². The van der Waals surface area contributed by atoms with Crippen LogP contribution in [0.1, 0.15) is 5.56 Å². The first-order valence-electron chi connectivity index (χ1n) is 5.74. The van der Waals surface area contributed by atoms with Crippen molar-refractivity contribution in [2.24, 2.45) is 0 Å². The molecule has 0 aliphatic heterocycles. The largest absolute Gasteiger partial charge is 0.497 e. The van der Waals surface area contributed by atoms with Crippen LogP contribution < -0.4 is 14.8 Å². The standard InChI is InChI=1S/C14H19NO3/c1-4-8-18-14-6-5-13(17-3)10-12(14)11-15-7-9-16-2/h1,5-6,10,15H,7-9,11H2,2-3H3. The molecular weight excluding hydrogens is 230 g/mol.